The fraction of sp³-hybridized carbons (Fsp3) is 0.607. The third-order valence-electron chi connectivity index (χ3n) is 7.62. The first-order chi connectivity index (χ1) is 20.3. The van der Waals surface area contributed by atoms with Gasteiger partial charge in [-0.15, -0.1) is 0 Å². The Kier molecular flexibility index (Phi) is 10.4. The molecule has 15 heteroatoms. The summed E-state index contributed by atoms with van der Waals surface area (Å²) < 4.78 is 72.2. The predicted molar refractivity (Wildman–Crippen MR) is 144 cm³/mol. The summed E-state index contributed by atoms with van der Waals surface area (Å²) >= 11 is 0. The van der Waals surface area contributed by atoms with Gasteiger partial charge in [-0.2, -0.15) is 18.3 Å². The zero-order chi connectivity index (χ0) is 31.2. The maximum Gasteiger partial charge on any atom is 0.389 e. The summed E-state index contributed by atoms with van der Waals surface area (Å²) in [6.07, 6.45) is -2.44. The van der Waals surface area contributed by atoms with Crippen molar-refractivity contribution >= 4 is 23.5 Å². The molecule has 4 rings (SSSR count). The van der Waals surface area contributed by atoms with Gasteiger partial charge in [0.25, 0.3) is 5.91 Å². The highest BCUT2D eigenvalue weighted by molar-refractivity contribution is 6.00. The van der Waals surface area contributed by atoms with Gasteiger partial charge in [-0.05, 0) is 61.3 Å². The Hall–Kier alpha value is -3.62. The topological polar surface area (TPSA) is 127 Å². The highest BCUT2D eigenvalue weighted by Crippen LogP contribution is 2.38. The number of methoxy groups -OCH3 is 1. The molecule has 0 aromatic carbocycles. The van der Waals surface area contributed by atoms with E-state index in [4.69, 9.17) is 4.74 Å². The summed E-state index contributed by atoms with van der Waals surface area (Å²) in [7, 11) is 1.36. The molecule has 43 heavy (non-hydrogen) atoms. The molecule has 1 unspecified atom stereocenters. The molecule has 2 aliphatic rings. The van der Waals surface area contributed by atoms with Crippen LogP contribution in [0.1, 0.15) is 73.5 Å². The number of ether oxygens (including phenoxy) is 1. The molecule has 2 atom stereocenters. The molecule has 3 N–H and O–H groups in total. The van der Waals surface area contributed by atoms with E-state index in [0.29, 0.717) is 18.0 Å². The highest BCUT2D eigenvalue weighted by Gasteiger charge is 2.41. The number of carbonyl (C=O) groups excluding carboxylic acids is 3. The number of pyridine rings is 1. The van der Waals surface area contributed by atoms with E-state index in [1.54, 1.807) is 4.68 Å². The first kappa shape index (κ1) is 32.3. The number of hydrogen-bond donors (Lipinski definition) is 3. The zero-order valence-electron chi connectivity index (χ0n) is 23.6. The first-order valence-corrected chi connectivity index (χ1v) is 14.2. The summed E-state index contributed by atoms with van der Waals surface area (Å²) in [6, 6.07) is 2.46. The lowest BCUT2D eigenvalue weighted by molar-refractivity contribution is -0.144. The maximum absolute atomic E-state index is 13.9. The second-order valence-electron chi connectivity index (χ2n) is 11.1. The number of alkyl halides is 5. The number of nitrogens with zero attached hydrogens (tertiary/aromatic N) is 3. The van der Waals surface area contributed by atoms with Crippen molar-refractivity contribution in [2.45, 2.75) is 82.1 Å². The van der Waals surface area contributed by atoms with Gasteiger partial charge in [-0.25, -0.2) is 13.8 Å². The summed E-state index contributed by atoms with van der Waals surface area (Å²) in [5.74, 6) is -5.01. The van der Waals surface area contributed by atoms with Crippen LogP contribution < -0.4 is 16.0 Å². The molecule has 2 fully saturated rings. The minimum absolute atomic E-state index is 0.0139. The zero-order valence-corrected chi connectivity index (χ0v) is 23.6. The number of aromatic nitrogens is 3. The van der Waals surface area contributed by atoms with Crippen LogP contribution in [0.3, 0.4) is 0 Å². The van der Waals surface area contributed by atoms with Crippen molar-refractivity contribution in [2.24, 2.45) is 11.8 Å². The number of rotatable bonds is 13. The second-order valence-corrected chi connectivity index (χ2v) is 11.1. The number of halogens is 5. The summed E-state index contributed by atoms with van der Waals surface area (Å²) in [6.45, 7) is 0.493. The lowest BCUT2D eigenvalue weighted by Crippen LogP contribution is -2.50. The number of amides is 3. The van der Waals surface area contributed by atoms with Crippen LogP contribution in [0.4, 0.5) is 27.8 Å². The van der Waals surface area contributed by atoms with Crippen molar-refractivity contribution in [3.8, 4) is 0 Å². The molecule has 2 aromatic heterocycles. The molecular formula is C28H35F5N6O4. The molecule has 3 amide bonds. The van der Waals surface area contributed by atoms with Crippen LogP contribution in [0.5, 0.6) is 0 Å². The van der Waals surface area contributed by atoms with Gasteiger partial charge in [-0.1, -0.05) is 0 Å². The third-order valence-corrected chi connectivity index (χ3v) is 7.62. The average molecular weight is 615 g/mol. The molecule has 0 aliphatic heterocycles. The van der Waals surface area contributed by atoms with Crippen LogP contribution in [0.15, 0.2) is 30.6 Å². The number of nitrogens with one attached hydrogen (secondary N) is 3. The minimum Gasteiger partial charge on any atom is -0.382 e. The first-order valence-electron chi connectivity index (χ1n) is 14.2. The van der Waals surface area contributed by atoms with Crippen LogP contribution in [0, 0.1) is 11.8 Å². The average Bonchev–Trinajstić information content (AvgIpc) is 3.64. The normalized spacial score (nSPS) is 18.5. The SMILES string of the molecule is COCC(NC(=O)CCC(F)(F)F)c1ccnc(NC(=O)[C@@H](NC(=O)c2ccnn2CC2CC2)C2CCC(F)(F)CC2)c1. The Morgan fingerprint density at radius 2 is 1.81 bits per heavy atom. The van der Waals surface area contributed by atoms with E-state index in [1.807, 2.05) is 0 Å². The van der Waals surface area contributed by atoms with Crippen LogP contribution in [-0.4, -0.2) is 64.3 Å². The number of anilines is 1. The highest BCUT2D eigenvalue weighted by atomic mass is 19.4. The van der Waals surface area contributed by atoms with Crippen LogP contribution in [0.25, 0.3) is 0 Å². The summed E-state index contributed by atoms with van der Waals surface area (Å²) in [5.41, 5.74) is 0.656. The van der Waals surface area contributed by atoms with E-state index in [2.05, 4.69) is 26.0 Å². The molecular weight excluding hydrogens is 579 g/mol. The molecule has 2 saturated carbocycles. The van der Waals surface area contributed by atoms with Crippen molar-refractivity contribution < 1.29 is 41.1 Å². The third kappa shape index (κ3) is 9.70. The largest absolute Gasteiger partial charge is 0.389 e. The van der Waals surface area contributed by atoms with Gasteiger partial charge in [0, 0.05) is 45.3 Å². The van der Waals surface area contributed by atoms with Gasteiger partial charge in [0.2, 0.25) is 17.7 Å². The van der Waals surface area contributed by atoms with Gasteiger partial charge in [0.05, 0.1) is 19.1 Å². The fourth-order valence-corrected chi connectivity index (χ4v) is 5.07. The van der Waals surface area contributed by atoms with Crippen LogP contribution in [0.2, 0.25) is 0 Å². The van der Waals surface area contributed by atoms with Gasteiger partial charge in [-0.3, -0.25) is 19.1 Å². The quantitative estimate of drug-likeness (QED) is 0.287. The van der Waals surface area contributed by atoms with E-state index in [1.165, 1.54) is 37.7 Å². The molecule has 2 aliphatic carbocycles. The number of carbonyl (C=O) groups is 3. The van der Waals surface area contributed by atoms with Crippen molar-refractivity contribution in [3.63, 3.8) is 0 Å². The van der Waals surface area contributed by atoms with Gasteiger partial charge in [0.15, 0.2) is 0 Å². The smallest absolute Gasteiger partial charge is 0.382 e. The minimum atomic E-state index is -4.49. The van der Waals surface area contributed by atoms with Crippen molar-refractivity contribution in [3.05, 3.63) is 41.9 Å². The maximum atomic E-state index is 13.9. The Balaban J connectivity index is 1.48. The van der Waals surface area contributed by atoms with E-state index in [-0.39, 0.29) is 31.0 Å². The Morgan fingerprint density at radius 1 is 1.09 bits per heavy atom. The van der Waals surface area contributed by atoms with Gasteiger partial charge >= 0.3 is 6.18 Å². The fourth-order valence-electron chi connectivity index (χ4n) is 5.07. The van der Waals surface area contributed by atoms with Crippen LogP contribution in [-0.2, 0) is 20.9 Å². The molecule has 0 bridgehead atoms. The Bertz CT molecular complexity index is 1270. The molecule has 236 valence electrons. The van der Waals surface area contributed by atoms with Gasteiger partial charge < -0.3 is 20.7 Å². The van der Waals surface area contributed by atoms with E-state index >= 15 is 0 Å². The van der Waals surface area contributed by atoms with Crippen molar-refractivity contribution in [2.75, 3.05) is 19.0 Å². The molecule has 2 heterocycles. The van der Waals surface area contributed by atoms with Crippen molar-refractivity contribution in [1.29, 1.82) is 0 Å². The monoisotopic (exact) mass is 614 g/mol. The molecule has 0 saturated heterocycles. The van der Waals surface area contributed by atoms with Crippen molar-refractivity contribution in [1.82, 2.24) is 25.4 Å². The lowest BCUT2D eigenvalue weighted by Gasteiger charge is -2.33. The van der Waals surface area contributed by atoms with E-state index < -0.39 is 73.5 Å². The predicted octanol–water partition coefficient (Wildman–Crippen LogP) is 4.40. The summed E-state index contributed by atoms with van der Waals surface area (Å²) in [4.78, 5) is 43.1. The molecule has 0 radical (unpaired) electrons. The van der Waals surface area contributed by atoms with Gasteiger partial charge in [0.1, 0.15) is 17.6 Å². The summed E-state index contributed by atoms with van der Waals surface area (Å²) in [5, 5.41) is 12.1. The molecule has 0 spiro atoms. The van der Waals surface area contributed by atoms with Crippen LogP contribution >= 0.6 is 0 Å². The molecule has 10 nitrogen and oxygen atoms in total. The second kappa shape index (κ2) is 13.8. The standard InChI is InChI=1S/C28H35F5N6O4/c1-43-16-20(36-23(40)6-11-28(31,32)33)19-7-12-34-22(14-19)37-26(42)24(18-4-9-27(29,30)10-5-18)38-25(41)21-8-13-35-39(21)15-17-2-3-17/h7-8,12-14,17-18,20,24H,2-6,9-11,15-16H2,1H3,(H,36,40)(H,38,41)(H,34,37,42)/t20?,24-/m0/s1. The van der Waals surface area contributed by atoms with E-state index in [0.717, 1.165) is 12.8 Å². The molecule has 2 aromatic rings. The Labute approximate surface area is 245 Å². The lowest BCUT2D eigenvalue weighted by atomic mass is 9.81. The number of hydrogen-bond acceptors (Lipinski definition) is 6. The van der Waals surface area contributed by atoms with E-state index in [9.17, 15) is 36.3 Å². The Morgan fingerprint density at radius 3 is 2.47 bits per heavy atom.